The van der Waals surface area contributed by atoms with Gasteiger partial charge in [-0.1, -0.05) is 60.7 Å². The van der Waals surface area contributed by atoms with Crippen molar-refractivity contribution < 1.29 is 14.3 Å². The van der Waals surface area contributed by atoms with E-state index in [-0.39, 0.29) is 11.8 Å². The largest absolute Gasteiger partial charge is 0.497 e. The molecule has 0 radical (unpaired) electrons. The molecule has 0 spiro atoms. The molecule has 3 aromatic carbocycles. The number of ether oxygens (including phenoxy) is 1. The minimum atomic E-state index is -0.314. The van der Waals surface area contributed by atoms with Crippen molar-refractivity contribution in [2.24, 2.45) is 0 Å². The van der Waals surface area contributed by atoms with Gasteiger partial charge in [-0.2, -0.15) is 0 Å². The lowest BCUT2D eigenvalue weighted by Crippen LogP contribution is -2.25. The molecule has 0 saturated carbocycles. The van der Waals surface area contributed by atoms with Crippen LogP contribution in [0.25, 0.3) is 11.6 Å². The number of carbonyl (C=O) groups is 2. The monoisotopic (exact) mass is 412 g/mol. The van der Waals surface area contributed by atoms with Crippen LogP contribution in [0.3, 0.4) is 0 Å². The van der Waals surface area contributed by atoms with E-state index in [1.807, 2.05) is 60.7 Å². The van der Waals surface area contributed by atoms with Gasteiger partial charge in [0.2, 0.25) is 0 Å². The molecule has 0 saturated heterocycles. The van der Waals surface area contributed by atoms with Crippen LogP contribution in [0.2, 0.25) is 0 Å². The number of amides is 2. The van der Waals surface area contributed by atoms with Crippen LogP contribution in [-0.4, -0.2) is 25.5 Å². The van der Waals surface area contributed by atoms with Crippen molar-refractivity contribution in [2.45, 2.75) is 0 Å². The highest BCUT2D eigenvalue weighted by molar-refractivity contribution is 6.29. The Labute approximate surface area is 182 Å². The molecule has 2 N–H and O–H groups in total. The van der Waals surface area contributed by atoms with Crippen LogP contribution < -0.4 is 15.4 Å². The third-order valence-corrected chi connectivity index (χ3v) is 4.58. The highest BCUT2D eigenvalue weighted by Crippen LogP contribution is 2.23. The first-order valence-electron chi connectivity index (χ1n) is 9.83. The summed E-state index contributed by atoms with van der Waals surface area (Å²) in [6, 6.07) is 23.7. The fourth-order valence-corrected chi connectivity index (χ4v) is 3.00. The highest BCUT2D eigenvalue weighted by Gasteiger charge is 2.16. The fourth-order valence-electron chi connectivity index (χ4n) is 3.00. The maximum Gasteiger partial charge on any atom is 0.256 e. The number of anilines is 1. The topological polar surface area (TPSA) is 67.4 Å². The van der Waals surface area contributed by atoms with Crippen LogP contribution in [0.15, 0.2) is 91.5 Å². The van der Waals surface area contributed by atoms with E-state index in [1.54, 1.807) is 37.5 Å². The predicted molar refractivity (Wildman–Crippen MR) is 125 cm³/mol. The quantitative estimate of drug-likeness (QED) is 0.318. The van der Waals surface area contributed by atoms with Crippen LogP contribution in [0, 0.1) is 0 Å². The zero-order chi connectivity index (χ0) is 22.1. The van der Waals surface area contributed by atoms with Crippen molar-refractivity contribution in [3.05, 3.63) is 108 Å². The summed E-state index contributed by atoms with van der Waals surface area (Å²) in [5, 5.41) is 5.63. The number of carbonyl (C=O) groups excluding carboxylic acids is 2. The van der Waals surface area contributed by atoms with Crippen LogP contribution >= 0.6 is 0 Å². The number of hydrogen-bond donors (Lipinski definition) is 2. The van der Waals surface area contributed by atoms with Gasteiger partial charge >= 0.3 is 0 Å². The van der Waals surface area contributed by atoms with Crippen molar-refractivity contribution in [1.29, 1.82) is 0 Å². The lowest BCUT2D eigenvalue weighted by atomic mass is 10.0. The fraction of sp³-hybridized carbons (Fsp3) is 0.0769. The van der Waals surface area contributed by atoms with Gasteiger partial charge in [-0.05, 0) is 41.5 Å². The summed E-state index contributed by atoms with van der Waals surface area (Å²) in [6.07, 6.45) is 3.41. The summed E-state index contributed by atoms with van der Waals surface area (Å²) < 4.78 is 5.20. The molecule has 0 fully saturated rings. The Kier molecular flexibility index (Phi) is 7.38. The average Bonchev–Trinajstić information content (AvgIpc) is 2.82. The first-order valence-corrected chi connectivity index (χ1v) is 9.83. The van der Waals surface area contributed by atoms with Crippen molar-refractivity contribution >= 4 is 29.2 Å². The summed E-state index contributed by atoms with van der Waals surface area (Å²) in [7, 11) is 1.61. The second-order valence-electron chi connectivity index (χ2n) is 6.70. The number of benzene rings is 3. The second-order valence-corrected chi connectivity index (χ2v) is 6.70. The first-order chi connectivity index (χ1) is 15.1. The first kappa shape index (κ1) is 21.6. The standard InChI is InChI=1S/C26H24N2O3/c1-3-17-27-25(29)22-11-7-8-12-24(22)28-26(30)23(20-9-5-4-6-10-20)18-19-13-15-21(31-2)16-14-19/h3-16,18H,1,17H2,2H3,(H,27,29)(H,28,30)/b23-18+. The van der Waals surface area contributed by atoms with E-state index in [0.717, 1.165) is 16.9 Å². The molecule has 3 rings (SSSR count). The maximum atomic E-state index is 13.3. The normalized spacial score (nSPS) is 10.8. The Hall–Kier alpha value is -4.12. The molecule has 0 aliphatic rings. The molecular weight excluding hydrogens is 388 g/mol. The lowest BCUT2D eigenvalue weighted by Gasteiger charge is -2.13. The van der Waals surface area contributed by atoms with E-state index in [2.05, 4.69) is 17.2 Å². The van der Waals surface area contributed by atoms with E-state index in [4.69, 9.17) is 4.74 Å². The zero-order valence-electron chi connectivity index (χ0n) is 17.3. The second kappa shape index (κ2) is 10.6. The number of methoxy groups -OCH3 is 1. The summed E-state index contributed by atoms with van der Waals surface area (Å²) in [5.74, 6) is 0.143. The van der Waals surface area contributed by atoms with Gasteiger partial charge in [0.1, 0.15) is 5.75 Å². The number of nitrogens with one attached hydrogen (secondary N) is 2. The van der Waals surface area contributed by atoms with E-state index in [1.165, 1.54) is 0 Å². The van der Waals surface area contributed by atoms with Crippen LogP contribution in [0.1, 0.15) is 21.5 Å². The summed E-state index contributed by atoms with van der Waals surface area (Å²) in [4.78, 5) is 25.7. The predicted octanol–water partition coefficient (Wildman–Crippen LogP) is 4.79. The van der Waals surface area contributed by atoms with Gasteiger partial charge in [0, 0.05) is 12.1 Å². The van der Waals surface area contributed by atoms with Gasteiger partial charge in [-0.15, -0.1) is 6.58 Å². The molecule has 2 amide bonds. The van der Waals surface area contributed by atoms with Crippen molar-refractivity contribution in [1.82, 2.24) is 5.32 Å². The van der Waals surface area contributed by atoms with Crippen molar-refractivity contribution in [2.75, 3.05) is 19.0 Å². The Morgan fingerprint density at radius 1 is 0.935 bits per heavy atom. The minimum absolute atomic E-state index is 0.281. The molecule has 31 heavy (non-hydrogen) atoms. The summed E-state index contributed by atoms with van der Waals surface area (Å²) >= 11 is 0. The van der Waals surface area contributed by atoms with Gasteiger partial charge < -0.3 is 15.4 Å². The third-order valence-electron chi connectivity index (χ3n) is 4.58. The van der Waals surface area contributed by atoms with Gasteiger partial charge in [-0.3, -0.25) is 9.59 Å². The average molecular weight is 412 g/mol. The number of para-hydroxylation sites is 1. The van der Waals surface area contributed by atoms with E-state index < -0.39 is 0 Å². The minimum Gasteiger partial charge on any atom is -0.497 e. The maximum absolute atomic E-state index is 13.3. The molecule has 0 bridgehead atoms. The molecule has 0 aromatic heterocycles. The number of rotatable bonds is 8. The van der Waals surface area contributed by atoms with Crippen molar-refractivity contribution in [3.8, 4) is 5.75 Å². The molecule has 0 aliphatic heterocycles. The van der Waals surface area contributed by atoms with Gasteiger partial charge in [-0.25, -0.2) is 0 Å². The van der Waals surface area contributed by atoms with Gasteiger partial charge in [0.25, 0.3) is 11.8 Å². The zero-order valence-corrected chi connectivity index (χ0v) is 17.3. The molecule has 0 heterocycles. The van der Waals surface area contributed by atoms with E-state index in [0.29, 0.717) is 23.4 Å². The third kappa shape index (κ3) is 5.70. The van der Waals surface area contributed by atoms with E-state index in [9.17, 15) is 9.59 Å². The smallest absolute Gasteiger partial charge is 0.256 e. The van der Waals surface area contributed by atoms with Crippen LogP contribution in [-0.2, 0) is 4.79 Å². The number of hydrogen-bond acceptors (Lipinski definition) is 3. The molecule has 5 nitrogen and oxygen atoms in total. The van der Waals surface area contributed by atoms with Gasteiger partial charge in [0.15, 0.2) is 0 Å². The Morgan fingerprint density at radius 2 is 1.61 bits per heavy atom. The summed E-state index contributed by atoms with van der Waals surface area (Å²) in [5.41, 5.74) is 2.92. The van der Waals surface area contributed by atoms with Crippen LogP contribution in [0.5, 0.6) is 5.75 Å². The SMILES string of the molecule is C=CCNC(=O)c1ccccc1NC(=O)/C(=C/c1ccc(OC)cc1)c1ccccc1. The molecule has 0 aliphatic carbocycles. The Balaban J connectivity index is 1.94. The molecular formula is C26H24N2O3. The lowest BCUT2D eigenvalue weighted by molar-refractivity contribution is -0.111. The van der Waals surface area contributed by atoms with Crippen LogP contribution in [0.4, 0.5) is 5.69 Å². The molecule has 3 aromatic rings. The molecule has 0 unspecified atom stereocenters. The van der Waals surface area contributed by atoms with Crippen molar-refractivity contribution in [3.63, 3.8) is 0 Å². The Bertz CT molecular complexity index is 1090. The Morgan fingerprint density at radius 3 is 2.29 bits per heavy atom. The molecule has 156 valence electrons. The molecule has 5 heteroatoms. The summed E-state index contributed by atoms with van der Waals surface area (Å²) in [6.45, 7) is 3.95. The van der Waals surface area contributed by atoms with Gasteiger partial charge in [0.05, 0.1) is 18.4 Å². The van der Waals surface area contributed by atoms with E-state index >= 15 is 0 Å². The molecule has 0 atom stereocenters. The highest BCUT2D eigenvalue weighted by atomic mass is 16.5.